The molecule has 32 nitrogen and oxygen atoms in total. The molecule has 36 atom stereocenters. The van der Waals surface area contributed by atoms with E-state index in [1.165, 1.54) is 9.36 Å². The molecule has 12 heterocycles. The van der Waals surface area contributed by atoms with Gasteiger partial charge in [-0.25, -0.2) is 9.36 Å². The zero-order valence-electron chi connectivity index (χ0n) is 79.5. The Morgan fingerprint density at radius 3 is 1.18 bits per heavy atom. The molecule has 0 bridgehead atoms. The van der Waals surface area contributed by atoms with E-state index in [0.717, 1.165) is 12.8 Å². The summed E-state index contributed by atoms with van der Waals surface area (Å²) in [5.74, 6) is -15.7. The van der Waals surface area contributed by atoms with Crippen molar-refractivity contribution in [2.75, 3.05) is 13.2 Å². The molecule has 2 aromatic rings. The van der Waals surface area contributed by atoms with Gasteiger partial charge in [-0.15, -0.1) is 10.2 Å². The molecule has 0 amide bonds. The van der Waals surface area contributed by atoms with Crippen LogP contribution in [0.3, 0.4) is 0 Å². The van der Waals surface area contributed by atoms with Crippen molar-refractivity contribution in [1.29, 1.82) is 0 Å². The molecule has 8 fully saturated rings. The van der Waals surface area contributed by atoms with Gasteiger partial charge in [0, 0.05) is 60.2 Å². The van der Waals surface area contributed by atoms with Crippen LogP contribution in [0, 0.1) is 82.9 Å². The molecule has 0 saturated carbocycles. The lowest BCUT2D eigenvalue weighted by molar-refractivity contribution is -0.409. The minimum atomic E-state index is -1.61. The predicted molar refractivity (Wildman–Crippen MR) is 464 cm³/mol. The molecule has 10 aliphatic heterocycles. The van der Waals surface area contributed by atoms with Crippen molar-refractivity contribution in [2.24, 2.45) is 82.9 Å². The number of carbonyl (C=O) groups is 6. The third kappa shape index (κ3) is 21.1. The van der Waals surface area contributed by atoms with Gasteiger partial charge in [0.05, 0.1) is 146 Å². The lowest BCUT2D eigenvalue weighted by Crippen LogP contribution is -2.63. The molecule has 32 heteroatoms. The number of rotatable bonds is 37. The fourth-order valence-corrected chi connectivity index (χ4v) is 23.3. The normalized spacial score (nSPS) is 40.3. The van der Waals surface area contributed by atoms with E-state index in [0.29, 0.717) is 114 Å². The van der Waals surface area contributed by atoms with E-state index in [9.17, 15) is 49.8 Å². The van der Waals surface area contributed by atoms with Crippen molar-refractivity contribution < 1.29 is 126 Å². The molecule has 10 aliphatic rings. The quantitative estimate of drug-likeness (QED) is 0.0208. The van der Waals surface area contributed by atoms with Crippen molar-refractivity contribution in [2.45, 2.75) is 424 Å². The van der Waals surface area contributed by atoms with Crippen LogP contribution in [-0.2, 0) is 121 Å². The number of carbonyl (C=O) groups excluding carboxylic acids is 4. The fourth-order valence-electron chi connectivity index (χ4n) is 23.3. The zero-order valence-corrected chi connectivity index (χ0v) is 79.5. The summed E-state index contributed by atoms with van der Waals surface area (Å²) in [6, 6.07) is 0. The summed E-state index contributed by atoms with van der Waals surface area (Å²) >= 11 is 0. The smallest absolute Gasteiger partial charge is 0.328 e. The van der Waals surface area contributed by atoms with Crippen LogP contribution in [-0.4, -0.2) is 240 Å². The topological polar surface area (TPSA) is 414 Å². The third-order valence-electron chi connectivity index (χ3n) is 32.0. The molecule has 0 unspecified atom stereocenters. The lowest BCUT2D eigenvalue weighted by Gasteiger charge is -2.54. The minimum Gasteiger partial charge on any atom is -0.481 e. The van der Waals surface area contributed by atoms with Crippen molar-refractivity contribution in [1.82, 2.24) is 30.0 Å². The minimum absolute atomic E-state index is 0.0240. The van der Waals surface area contributed by atoms with Gasteiger partial charge in [0.1, 0.15) is 36.0 Å². The Bertz CT molecular complexity index is 3910. The molecule has 4 spiro atoms. The number of esters is 2. The Morgan fingerprint density at radius 1 is 0.477 bits per heavy atom. The number of hydrogen-bond donors (Lipinski definition) is 6. The van der Waals surface area contributed by atoms with Crippen molar-refractivity contribution in [3.63, 3.8) is 0 Å². The van der Waals surface area contributed by atoms with Gasteiger partial charge in [0.15, 0.2) is 23.8 Å². The maximum Gasteiger partial charge on any atom is 0.328 e. The Labute approximate surface area is 756 Å². The Kier molecular flexibility index (Phi) is 32.7. The number of carboxylic acid groups (broad SMARTS) is 2. The summed E-state index contributed by atoms with van der Waals surface area (Å²) in [5, 5.41) is 84.2. The molecule has 6 N–H and O–H groups in total. The monoisotopic (exact) mass is 1810 g/mol. The molecule has 0 radical (unpaired) electrons. The number of aliphatic hydroxyl groups is 4. The van der Waals surface area contributed by atoms with Crippen LogP contribution in [0.1, 0.15) is 278 Å². The molecular weight excluding hydrogens is 1650 g/mol. The summed E-state index contributed by atoms with van der Waals surface area (Å²) in [7, 11) is 0. The van der Waals surface area contributed by atoms with Gasteiger partial charge >= 0.3 is 23.9 Å². The van der Waals surface area contributed by atoms with E-state index >= 15 is 9.59 Å². The molecule has 0 aliphatic carbocycles. The first-order valence-corrected chi connectivity index (χ1v) is 48.3. The van der Waals surface area contributed by atoms with Crippen LogP contribution < -0.4 is 0 Å². The Balaban J connectivity index is 0.657. The molecular formula is C96H152N6O26. The number of aliphatic hydroxyl groups excluding tert-OH is 2. The van der Waals surface area contributed by atoms with Gasteiger partial charge in [-0.05, 0) is 191 Å². The van der Waals surface area contributed by atoms with Gasteiger partial charge in [-0.3, -0.25) is 28.8 Å². The molecule has 722 valence electrons. The first kappa shape index (κ1) is 101. The number of ketones is 2. The second-order valence-electron chi connectivity index (χ2n) is 40.7. The highest BCUT2D eigenvalue weighted by Crippen LogP contribution is 2.58. The largest absolute Gasteiger partial charge is 0.481 e. The Morgan fingerprint density at radius 2 is 0.844 bits per heavy atom. The summed E-state index contributed by atoms with van der Waals surface area (Å²) in [6.07, 6.45) is 10.6. The van der Waals surface area contributed by atoms with E-state index in [1.807, 2.05) is 111 Å². The number of Topliss-reactive ketones (excluding diaryl/α,β-unsaturated/α-hetero) is 2. The van der Waals surface area contributed by atoms with Gasteiger partial charge in [-0.2, -0.15) is 0 Å². The van der Waals surface area contributed by atoms with Gasteiger partial charge in [-0.1, -0.05) is 121 Å². The first-order valence-electron chi connectivity index (χ1n) is 48.3. The lowest BCUT2D eigenvalue weighted by atomic mass is 9.72. The summed E-state index contributed by atoms with van der Waals surface area (Å²) in [5.41, 5.74) is -3.11. The molecule has 128 heavy (non-hydrogen) atoms. The predicted octanol–water partition coefficient (Wildman–Crippen LogP) is 12.1. The van der Waals surface area contributed by atoms with Crippen LogP contribution in [0.15, 0.2) is 36.7 Å². The van der Waals surface area contributed by atoms with E-state index in [-0.39, 0.29) is 99.4 Å². The zero-order chi connectivity index (χ0) is 93.3. The number of nitrogens with zero attached hydrogens (tertiary/aromatic N) is 6. The summed E-state index contributed by atoms with van der Waals surface area (Å²) in [4.78, 5) is 83.1. The first-order chi connectivity index (χ1) is 60.5. The number of aliphatic carboxylic acids is 2. The van der Waals surface area contributed by atoms with Crippen LogP contribution in [0.5, 0.6) is 0 Å². The van der Waals surface area contributed by atoms with Crippen LogP contribution >= 0.6 is 0 Å². The Hall–Kier alpha value is -5.66. The average Bonchev–Trinajstić information content (AvgIpc) is 1.47. The maximum atomic E-state index is 15.0. The number of carboxylic acids is 2. The number of hydrogen-bond acceptors (Lipinski definition) is 28. The van der Waals surface area contributed by atoms with Crippen molar-refractivity contribution >= 4 is 35.4 Å². The van der Waals surface area contributed by atoms with Crippen LogP contribution in [0.2, 0.25) is 0 Å². The average molecular weight is 1810 g/mol. The standard InChI is InChI=1S/C96H152N6O26/c1-21-67(87(109)110)71-29-27-53(7)83(119-71)61(15)79(105)59(13)81(107)69(23-3)85-55(9)45-57(11)93(123-85)37-33-75(95(127-93)41-39-89(19,125-95)73-31-35-91(113,25-5)63(17)117-73)121-77(103)49-101-47-65(97-99-101)51-115-43-44-116-52-66-48-102(100-98-66)50-78(104)122-76-34-38-94(128-96(76)42-40-90(20,126-96)74-32-36-92(114,26-6)64(18)118-74)58(12)46-56(10)86(124-94)70(24-4)82(108)60(14)80(106)62(16)84-54(8)28-30-72(120-84)68(22-2)88(111)112/h33-34,37-38,47-48,53-64,67-76,79-80,83-86,105-106,113-114H,21-32,35-36,39-46,49-52H2,1-20H3,(H,109,110)(H,111,112)/t53-,54-,55-,56-,57+,58+,59-,60-,61-,62-,63-,64-,67+,68+,69-,70-,71+,72+,73+,74+,75+,76+,79+,80+,83+,84+,85-,86-,89-,90-,91+,92+,93-,94-,95-,96-/m0/s1. The fraction of sp³-hybridized carbons (Fsp3) is 0.854. The maximum absolute atomic E-state index is 15.0. The highest BCUT2D eigenvalue weighted by Gasteiger charge is 2.67. The molecule has 2 aromatic heterocycles. The molecule has 0 aromatic carbocycles. The SMILES string of the molecule is CC[C@@H](C(=O)[C@@H](C)[C@@H](O)[C@H](C)[C@@H]1O[C@@H]([C@@H](CC)C(=O)O)CC[C@@H]1C)[C@H]1O[C@]2(C=C[C@@H](OC(=O)Cn3cc(COCCOCc4cn(CC(=O)O[C@@H]5C=C[C@]6(O[C@H]([C@@H](CC)C(=O)[C@@H](C)[C@@H](O)[C@H](C)[C@@H]7O[C@@H]([C@@H](CC)C(=O)O)CC[C@@H]7C)[C@@H](C)C[C@H]6C)O[C@@]56CC[C@@](C)([C@H]5CC[C@](O)(CC)[C@H](C)O5)O6)nn4)nn3)[C@]3(CC[C@@](C)([C@H]4CC[C@](O)(CC)[C@H](C)O4)O3)O2)[C@H](C)C[C@@H]1C. The highest BCUT2D eigenvalue weighted by atomic mass is 16.8. The summed E-state index contributed by atoms with van der Waals surface area (Å²) < 4.78 is 97.3. The number of aromatic nitrogens is 6. The van der Waals surface area contributed by atoms with Crippen LogP contribution in [0.25, 0.3) is 0 Å². The summed E-state index contributed by atoms with van der Waals surface area (Å²) in [6.45, 7) is 38.3. The van der Waals surface area contributed by atoms with E-state index in [1.54, 1.807) is 50.5 Å². The van der Waals surface area contributed by atoms with Gasteiger partial charge in [0.25, 0.3) is 0 Å². The second-order valence-corrected chi connectivity index (χ2v) is 40.7. The van der Waals surface area contributed by atoms with Crippen molar-refractivity contribution in [3.05, 3.63) is 48.1 Å². The van der Waals surface area contributed by atoms with E-state index in [4.69, 9.17) is 66.3 Å². The second kappa shape index (κ2) is 41.3. The third-order valence-corrected chi connectivity index (χ3v) is 32.0. The number of ether oxygens (including phenoxy) is 14. The van der Waals surface area contributed by atoms with Gasteiger partial charge < -0.3 is 97.0 Å². The molecule has 8 saturated heterocycles. The van der Waals surface area contributed by atoms with E-state index in [2.05, 4.69) is 34.5 Å². The molecule has 12 rings (SSSR count). The highest BCUT2D eigenvalue weighted by molar-refractivity contribution is 5.85. The van der Waals surface area contributed by atoms with Crippen molar-refractivity contribution in [3.8, 4) is 0 Å². The van der Waals surface area contributed by atoms with Gasteiger partial charge in [0.2, 0.25) is 11.6 Å². The van der Waals surface area contributed by atoms with Crippen LogP contribution in [0.4, 0.5) is 0 Å². The van der Waals surface area contributed by atoms with E-state index < -0.39 is 202 Å².